The molecule has 2 aromatic rings. The van der Waals surface area contributed by atoms with Gasteiger partial charge in [-0.05, 0) is 54.7 Å². The van der Waals surface area contributed by atoms with E-state index in [0.29, 0.717) is 12.5 Å². The highest BCUT2D eigenvalue weighted by Crippen LogP contribution is 2.46. The average Bonchev–Trinajstić information content (AvgIpc) is 3.10. The maximum Gasteiger partial charge on any atom is 0.137 e. The zero-order chi connectivity index (χ0) is 16.4. The van der Waals surface area contributed by atoms with Crippen molar-refractivity contribution in [2.24, 2.45) is 17.8 Å². The molecule has 23 heavy (non-hydrogen) atoms. The van der Waals surface area contributed by atoms with Gasteiger partial charge in [-0.2, -0.15) is 5.10 Å². The number of hydrogen-bond acceptors (Lipinski definition) is 3. The molecule has 0 saturated heterocycles. The molecule has 0 unspecified atom stereocenters. The van der Waals surface area contributed by atoms with Crippen LogP contribution in [0.5, 0.6) is 0 Å². The van der Waals surface area contributed by atoms with Crippen LogP contribution in [0.4, 0.5) is 0 Å². The summed E-state index contributed by atoms with van der Waals surface area (Å²) in [6.07, 6.45) is 6.17. The Kier molecular flexibility index (Phi) is 4.74. The van der Waals surface area contributed by atoms with Gasteiger partial charge in [-0.3, -0.25) is 4.68 Å². The van der Waals surface area contributed by atoms with Crippen molar-refractivity contribution in [3.8, 4) is 0 Å². The molecule has 1 saturated carbocycles. The van der Waals surface area contributed by atoms with Gasteiger partial charge in [0.25, 0.3) is 0 Å². The maximum atomic E-state index is 11.6. The summed E-state index contributed by atoms with van der Waals surface area (Å²) in [6, 6.07) is 7.95. The Labute approximate surface area is 142 Å². The van der Waals surface area contributed by atoms with Gasteiger partial charge in [-0.1, -0.05) is 37.6 Å². The first-order chi connectivity index (χ1) is 11.0. The number of rotatable bonds is 5. The van der Waals surface area contributed by atoms with Crippen molar-refractivity contribution < 1.29 is 5.11 Å². The molecule has 0 radical (unpaired) electrons. The number of nitrogens with zero attached hydrogens (tertiary/aromatic N) is 3. The van der Waals surface area contributed by atoms with Gasteiger partial charge in [0.05, 0.1) is 12.1 Å². The van der Waals surface area contributed by atoms with Crippen molar-refractivity contribution in [1.29, 1.82) is 0 Å². The van der Waals surface area contributed by atoms with E-state index < -0.39 is 5.60 Å². The zero-order valence-corrected chi connectivity index (χ0v) is 14.4. The first-order valence-corrected chi connectivity index (χ1v) is 8.66. The fraction of sp³-hybridized carbons (Fsp3) is 0.556. The fourth-order valence-electron chi connectivity index (χ4n) is 4.10. The lowest BCUT2D eigenvalue weighted by molar-refractivity contribution is -0.0667. The Bertz CT molecular complexity index is 626. The Morgan fingerprint density at radius 1 is 1.30 bits per heavy atom. The first-order valence-electron chi connectivity index (χ1n) is 8.28. The highest BCUT2D eigenvalue weighted by atomic mass is 35.5. The topological polar surface area (TPSA) is 50.9 Å². The van der Waals surface area contributed by atoms with E-state index in [1.165, 1.54) is 11.9 Å². The smallest absolute Gasteiger partial charge is 0.137 e. The van der Waals surface area contributed by atoms with Crippen LogP contribution < -0.4 is 0 Å². The van der Waals surface area contributed by atoms with E-state index in [0.717, 1.165) is 24.3 Å². The van der Waals surface area contributed by atoms with Crippen molar-refractivity contribution in [2.45, 2.75) is 45.3 Å². The molecule has 1 aliphatic carbocycles. The Morgan fingerprint density at radius 2 is 2.04 bits per heavy atom. The predicted molar refractivity (Wildman–Crippen MR) is 91.2 cm³/mol. The summed E-state index contributed by atoms with van der Waals surface area (Å²) in [5.74, 6) is 0.947. The Hall–Kier alpha value is -1.39. The molecule has 0 aliphatic heterocycles. The van der Waals surface area contributed by atoms with Gasteiger partial charge < -0.3 is 5.11 Å². The largest absolute Gasteiger partial charge is 0.387 e. The van der Waals surface area contributed by atoms with Gasteiger partial charge in [0.2, 0.25) is 0 Å². The van der Waals surface area contributed by atoms with Crippen LogP contribution in [0.2, 0.25) is 5.02 Å². The van der Waals surface area contributed by atoms with E-state index in [2.05, 4.69) is 36.1 Å². The van der Waals surface area contributed by atoms with Crippen LogP contribution in [0.1, 0.15) is 32.3 Å². The second-order valence-corrected chi connectivity index (χ2v) is 7.48. The summed E-state index contributed by atoms with van der Waals surface area (Å²) in [7, 11) is 0. The highest BCUT2D eigenvalue weighted by molar-refractivity contribution is 6.30. The van der Waals surface area contributed by atoms with Crippen LogP contribution in [0, 0.1) is 17.8 Å². The summed E-state index contributed by atoms with van der Waals surface area (Å²) >= 11 is 5.98. The molecule has 1 aromatic carbocycles. The lowest BCUT2D eigenvalue weighted by Gasteiger charge is -2.37. The van der Waals surface area contributed by atoms with Crippen molar-refractivity contribution in [2.75, 3.05) is 0 Å². The normalized spacial score (nSPS) is 27.7. The molecular formula is C18H24ClN3O. The standard InChI is InChI=1S/C18H24ClN3O/c1-13(2)17-8-5-15(9-14-3-6-16(19)7-4-14)18(17,23)10-22-12-20-11-21-22/h3-4,6-7,11-13,15,17,23H,5,8-10H2,1-2H3/t15-,17+,18-/m1/s1. The molecule has 1 heterocycles. The number of hydrogen-bond donors (Lipinski definition) is 1. The molecule has 0 bridgehead atoms. The van der Waals surface area contributed by atoms with E-state index in [1.54, 1.807) is 11.0 Å². The van der Waals surface area contributed by atoms with Crippen LogP contribution >= 0.6 is 11.6 Å². The number of benzene rings is 1. The molecule has 3 atom stereocenters. The van der Waals surface area contributed by atoms with Gasteiger partial charge in [0.15, 0.2) is 0 Å². The molecule has 3 rings (SSSR count). The molecule has 1 fully saturated rings. The van der Waals surface area contributed by atoms with Crippen LogP contribution in [0.25, 0.3) is 0 Å². The monoisotopic (exact) mass is 333 g/mol. The third kappa shape index (κ3) is 3.43. The summed E-state index contributed by atoms with van der Waals surface area (Å²) < 4.78 is 1.76. The zero-order valence-electron chi connectivity index (χ0n) is 13.7. The van der Waals surface area contributed by atoms with Gasteiger partial charge in [-0.15, -0.1) is 0 Å². The molecule has 5 heteroatoms. The van der Waals surface area contributed by atoms with Crippen LogP contribution in [-0.2, 0) is 13.0 Å². The van der Waals surface area contributed by atoms with Crippen LogP contribution in [0.3, 0.4) is 0 Å². The molecule has 0 spiro atoms. The van der Waals surface area contributed by atoms with Crippen LogP contribution in [0.15, 0.2) is 36.9 Å². The van der Waals surface area contributed by atoms with E-state index in [-0.39, 0.29) is 11.8 Å². The number of aromatic nitrogens is 3. The SMILES string of the molecule is CC(C)[C@@H]1CC[C@H](Cc2ccc(Cl)cc2)[C@]1(O)Cn1cncn1. The van der Waals surface area contributed by atoms with E-state index in [4.69, 9.17) is 11.6 Å². The minimum absolute atomic E-state index is 0.222. The molecule has 124 valence electrons. The predicted octanol–water partition coefficient (Wildman–Crippen LogP) is 3.59. The maximum absolute atomic E-state index is 11.6. The highest BCUT2D eigenvalue weighted by Gasteiger charge is 2.50. The molecule has 0 amide bonds. The summed E-state index contributed by atoms with van der Waals surface area (Å²) in [5, 5.41) is 16.5. The van der Waals surface area contributed by atoms with Crippen molar-refractivity contribution in [1.82, 2.24) is 14.8 Å². The van der Waals surface area contributed by atoms with E-state index in [1.807, 2.05) is 12.1 Å². The lowest BCUT2D eigenvalue weighted by Crippen LogP contribution is -2.46. The van der Waals surface area contributed by atoms with Gasteiger partial charge in [-0.25, -0.2) is 4.98 Å². The molecular weight excluding hydrogens is 310 g/mol. The van der Waals surface area contributed by atoms with Crippen molar-refractivity contribution in [3.63, 3.8) is 0 Å². The quantitative estimate of drug-likeness (QED) is 0.909. The minimum Gasteiger partial charge on any atom is -0.387 e. The van der Waals surface area contributed by atoms with Crippen molar-refractivity contribution in [3.05, 3.63) is 47.5 Å². The summed E-state index contributed by atoms with van der Waals surface area (Å²) in [4.78, 5) is 4.01. The first kappa shape index (κ1) is 16.5. The van der Waals surface area contributed by atoms with Gasteiger partial charge in [0.1, 0.15) is 12.7 Å². The van der Waals surface area contributed by atoms with E-state index >= 15 is 0 Å². The van der Waals surface area contributed by atoms with Crippen molar-refractivity contribution >= 4 is 11.6 Å². The van der Waals surface area contributed by atoms with Gasteiger partial charge in [0, 0.05) is 5.02 Å². The average molecular weight is 334 g/mol. The Balaban J connectivity index is 1.83. The summed E-state index contributed by atoms with van der Waals surface area (Å²) in [6.45, 7) is 4.90. The molecule has 1 aliphatic rings. The second-order valence-electron chi connectivity index (χ2n) is 7.04. The number of halogens is 1. The van der Waals surface area contributed by atoms with E-state index in [9.17, 15) is 5.11 Å². The molecule has 1 aromatic heterocycles. The second kappa shape index (κ2) is 6.62. The minimum atomic E-state index is -0.749. The summed E-state index contributed by atoms with van der Waals surface area (Å²) in [5.41, 5.74) is 0.474. The third-order valence-corrected chi connectivity index (χ3v) is 5.51. The fourth-order valence-corrected chi connectivity index (χ4v) is 4.22. The molecule has 1 N–H and O–H groups in total. The van der Waals surface area contributed by atoms with Gasteiger partial charge >= 0.3 is 0 Å². The lowest BCUT2D eigenvalue weighted by atomic mass is 9.76. The van der Waals surface area contributed by atoms with Crippen LogP contribution in [-0.4, -0.2) is 25.5 Å². The Morgan fingerprint density at radius 3 is 2.65 bits per heavy atom. The third-order valence-electron chi connectivity index (χ3n) is 5.26. The molecule has 4 nitrogen and oxygen atoms in total. The number of aliphatic hydroxyl groups is 1.